The highest BCUT2D eigenvalue weighted by Gasteiger charge is 2.35. The van der Waals surface area contributed by atoms with Crippen molar-refractivity contribution in [2.45, 2.75) is 6.18 Å². The van der Waals surface area contributed by atoms with Crippen molar-refractivity contribution in [2.24, 2.45) is 0 Å². The van der Waals surface area contributed by atoms with Crippen LogP contribution in [-0.4, -0.2) is 33.6 Å². The third kappa shape index (κ3) is 6.35. The fraction of sp³-hybridized carbons (Fsp3) is 1.00. The predicted octanol–water partition coefficient (Wildman–Crippen LogP) is 0.865. The Morgan fingerprint density at radius 2 is 1.75 bits per heavy atom. The molecule has 0 N–H and O–H groups in total. The average molecular weight is 210 g/mol. The Bertz CT molecular complexity index is 219. The van der Waals surface area contributed by atoms with Gasteiger partial charge in [0, 0.05) is 0 Å². The quantitative estimate of drug-likeness (QED) is 0.510. The van der Waals surface area contributed by atoms with Crippen molar-refractivity contribution in [2.75, 3.05) is 19.0 Å². The fourth-order valence-electron chi connectivity index (χ4n) is 0.401. The summed E-state index contributed by atoms with van der Waals surface area (Å²) < 4.78 is 69.8. The molecule has 8 heteroatoms. The van der Waals surface area contributed by atoms with Gasteiger partial charge in [-0.3, -0.25) is 4.18 Å². The third-order valence-corrected chi connectivity index (χ3v) is 1.89. The second-order valence-corrected chi connectivity index (χ2v) is 3.47. The Labute approximate surface area is 66.4 Å². The van der Waals surface area contributed by atoms with Crippen molar-refractivity contribution in [3.8, 4) is 0 Å². The molecule has 0 aromatic carbocycles. The zero-order valence-electron chi connectivity index (χ0n) is 5.77. The van der Waals surface area contributed by atoms with E-state index < -0.39 is 35.3 Å². The van der Waals surface area contributed by atoms with Crippen LogP contribution in [0.2, 0.25) is 0 Å². The molecule has 74 valence electrons. The van der Waals surface area contributed by atoms with Crippen LogP contribution in [0.1, 0.15) is 0 Å². The topological polar surface area (TPSA) is 43.4 Å². The number of rotatable bonds is 4. The van der Waals surface area contributed by atoms with Crippen molar-refractivity contribution in [1.29, 1.82) is 0 Å². The van der Waals surface area contributed by atoms with Crippen molar-refractivity contribution in [3.63, 3.8) is 0 Å². The van der Waals surface area contributed by atoms with Crippen LogP contribution >= 0.6 is 0 Å². The predicted molar refractivity (Wildman–Crippen MR) is 31.8 cm³/mol. The minimum Gasteiger partial charge on any atom is -0.267 e. The Morgan fingerprint density at radius 1 is 1.25 bits per heavy atom. The van der Waals surface area contributed by atoms with E-state index in [9.17, 15) is 26.0 Å². The molecule has 0 atom stereocenters. The molecule has 0 rings (SSSR count). The molecule has 0 radical (unpaired) electrons. The molecule has 0 aliphatic carbocycles. The summed E-state index contributed by atoms with van der Waals surface area (Å²) >= 11 is 0. The van der Waals surface area contributed by atoms with Gasteiger partial charge in [-0.05, 0) is 0 Å². The lowest BCUT2D eigenvalue weighted by atomic mass is 10.8. The second kappa shape index (κ2) is 4.04. The Balaban J connectivity index is 4.06. The lowest BCUT2D eigenvalue weighted by molar-refractivity contribution is -0.107. The molecular weight excluding hydrogens is 204 g/mol. The molecule has 0 heterocycles. The molecule has 0 spiro atoms. The number of halogens is 4. The maximum absolute atomic E-state index is 11.4. The molecule has 0 aliphatic heterocycles. The summed E-state index contributed by atoms with van der Waals surface area (Å²) in [4.78, 5) is 0. The van der Waals surface area contributed by atoms with Crippen LogP contribution in [0.4, 0.5) is 17.6 Å². The molecule has 0 fully saturated rings. The van der Waals surface area contributed by atoms with E-state index in [1.54, 1.807) is 0 Å². The minimum atomic E-state index is -4.85. The molecule has 0 aliphatic rings. The summed E-state index contributed by atoms with van der Waals surface area (Å²) in [5.74, 6) is -2.08. The van der Waals surface area contributed by atoms with Gasteiger partial charge in [0.2, 0.25) is 0 Å². The standard InChI is InChI=1S/C4H6F4O3S/c5-1-2-11-12(9,10)3-4(6,7)8/h1-3H2. The van der Waals surface area contributed by atoms with Crippen molar-refractivity contribution in [3.05, 3.63) is 0 Å². The SMILES string of the molecule is O=S(=O)(CC(F)(F)F)OCCF. The first-order valence-corrected chi connectivity index (χ1v) is 4.34. The highest BCUT2D eigenvalue weighted by molar-refractivity contribution is 7.86. The van der Waals surface area contributed by atoms with Gasteiger partial charge in [0.15, 0.2) is 5.75 Å². The summed E-state index contributed by atoms with van der Waals surface area (Å²) in [5.41, 5.74) is 0. The van der Waals surface area contributed by atoms with E-state index in [4.69, 9.17) is 0 Å². The van der Waals surface area contributed by atoms with Crippen LogP contribution < -0.4 is 0 Å². The first-order chi connectivity index (χ1) is 5.27. The maximum Gasteiger partial charge on any atom is 0.405 e. The number of hydrogen-bond acceptors (Lipinski definition) is 3. The van der Waals surface area contributed by atoms with Crippen LogP contribution in [0.5, 0.6) is 0 Å². The van der Waals surface area contributed by atoms with Gasteiger partial charge in [0.25, 0.3) is 10.1 Å². The molecule has 0 saturated heterocycles. The Morgan fingerprint density at radius 3 is 2.08 bits per heavy atom. The van der Waals surface area contributed by atoms with Gasteiger partial charge in [-0.2, -0.15) is 21.6 Å². The maximum atomic E-state index is 11.4. The third-order valence-electron chi connectivity index (χ3n) is 0.680. The lowest BCUT2D eigenvalue weighted by Gasteiger charge is -2.06. The molecule has 0 unspecified atom stereocenters. The van der Waals surface area contributed by atoms with Crippen molar-refractivity contribution in [1.82, 2.24) is 0 Å². The average Bonchev–Trinajstić information content (AvgIpc) is 1.78. The number of hydrogen-bond donors (Lipinski definition) is 0. The minimum absolute atomic E-state index is 0.877. The number of alkyl halides is 4. The van der Waals surface area contributed by atoms with Gasteiger partial charge in [0.05, 0.1) is 6.61 Å². The summed E-state index contributed by atoms with van der Waals surface area (Å²) in [5, 5.41) is 0. The van der Waals surface area contributed by atoms with Gasteiger partial charge >= 0.3 is 6.18 Å². The first-order valence-electron chi connectivity index (χ1n) is 2.77. The van der Waals surface area contributed by atoms with E-state index in [1.807, 2.05) is 0 Å². The normalized spacial score (nSPS) is 13.3. The largest absolute Gasteiger partial charge is 0.405 e. The van der Waals surface area contributed by atoms with Crippen molar-refractivity contribution < 1.29 is 30.2 Å². The van der Waals surface area contributed by atoms with Crippen LogP contribution in [0.3, 0.4) is 0 Å². The van der Waals surface area contributed by atoms with Gasteiger partial charge in [0.1, 0.15) is 6.67 Å². The van der Waals surface area contributed by atoms with E-state index in [0.717, 1.165) is 0 Å². The molecular formula is C4H6F4O3S. The highest BCUT2D eigenvalue weighted by atomic mass is 32.2. The highest BCUT2D eigenvalue weighted by Crippen LogP contribution is 2.17. The molecule has 0 aromatic rings. The van der Waals surface area contributed by atoms with Gasteiger partial charge in [-0.1, -0.05) is 0 Å². The van der Waals surface area contributed by atoms with Gasteiger partial charge < -0.3 is 0 Å². The van der Waals surface area contributed by atoms with E-state index in [1.165, 1.54) is 0 Å². The summed E-state index contributed by atoms with van der Waals surface area (Å²) in [6.45, 7) is -2.02. The summed E-state index contributed by atoms with van der Waals surface area (Å²) in [7, 11) is -4.67. The van der Waals surface area contributed by atoms with Gasteiger partial charge in [-0.15, -0.1) is 0 Å². The van der Waals surface area contributed by atoms with Crippen molar-refractivity contribution >= 4 is 10.1 Å². The Kier molecular flexibility index (Phi) is 3.91. The summed E-state index contributed by atoms with van der Waals surface area (Å²) in [6.07, 6.45) is -4.85. The van der Waals surface area contributed by atoms with E-state index in [2.05, 4.69) is 4.18 Å². The first kappa shape index (κ1) is 11.6. The fourth-order valence-corrected chi connectivity index (χ4v) is 1.20. The Hall–Kier alpha value is -0.370. The summed E-state index contributed by atoms with van der Waals surface area (Å²) in [6, 6.07) is 0. The zero-order valence-corrected chi connectivity index (χ0v) is 6.58. The van der Waals surface area contributed by atoms with Gasteiger partial charge in [-0.25, -0.2) is 4.39 Å². The zero-order chi connectivity index (χ0) is 9.83. The lowest BCUT2D eigenvalue weighted by Crippen LogP contribution is -2.25. The van der Waals surface area contributed by atoms with Crippen LogP contribution in [0.25, 0.3) is 0 Å². The van der Waals surface area contributed by atoms with E-state index in [0.29, 0.717) is 0 Å². The van der Waals surface area contributed by atoms with E-state index >= 15 is 0 Å². The molecule has 0 saturated carbocycles. The van der Waals surface area contributed by atoms with Crippen LogP contribution in [0, 0.1) is 0 Å². The smallest absolute Gasteiger partial charge is 0.267 e. The molecule has 12 heavy (non-hydrogen) atoms. The monoisotopic (exact) mass is 210 g/mol. The molecule has 0 bridgehead atoms. The molecule has 0 amide bonds. The molecule has 0 aromatic heterocycles. The van der Waals surface area contributed by atoms with E-state index in [-0.39, 0.29) is 0 Å². The second-order valence-electron chi connectivity index (χ2n) is 1.83. The van der Waals surface area contributed by atoms with Crippen LogP contribution in [-0.2, 0) is 14.3 Å². The van der Waals surface area contributed by atoms with Crippen LogP contribution in [0.15, 0.2) is 0 Å². The molecule has 3 nitrogen and oxygen atoms in total.